The number of nitrogens with zero attached hydrogens (tertiary/aromatic N) is 1. The third-order valence-corrected chi connectivity index (χ3v) is 4.11. The molecule has 152 valence electrons. The molecule has 2 N–H and O–H groups in total. The predicted octanol–water partition coefficient (Wildman–Crippen LogP) is 4.53. The van der Waals surface area contributed by atoms with E-state index in [1.165, 1.54) is 0 Å². The minimum atomic E-state index is -0.238. The lowest BCUT2D eigenvalue weighted by molar-refractivity contribution is 0.237. The molecule has 1 aromatic carbocycles. The average Bonchev–Trinajstić information content (AvgIpc) is 2.69. The largest absolute Gasteiger partial charge is 0.490 e. The third-order valence-electron chi connectivity index (χ3n) is 4.11. The van der Waals surface area contributed by atoms with Crippen LogP contribution in [-0.2, 0) is 6.54 Å². The average molecular weight is 386 g/mol. The molecular formula is C22H31N3O3. The van der Waals surface area contributed by atoms with Gasteiger partial charge in [0.05, 0.1) is 31.5 Å². The van der Waals surface area contributed by atoms with Gasteiger partial charge in [0.15, 0.2) is 11.5 Å². The number of aryl methyl sites for hydroxylation is 1. The Morgan fingerprint density at radius 3 is 2.46 bits per heavy atom. The summed E-state index contributed by atoms with van der Waals surface area (Å²) in [6, 6.07) is 11.1. The highest BCUT2D eigenvalue weighted by Crippen LogP contribution is 2.31. The Morgan fingerprint density at radius 1 is 1.07 bits per heavy atom. The minimum absolute atomic E-state index is 0.172. The van der Waals surface area contributed by atoms with Crippen LogP contribution in [0, 0.1) is 6.92 Å². The zero-order valence-corrected chi connectivity index (χ0v) is 17.2. The van der Waals surface area contributed by atoms with E-state index >= 15 is 0 Å². The van der Waals surface area contributed by atoms with Crippen molar-refractivity contribution in [2.24, 2.45) is 0 Å². The molecule has 0 saturated carbocycles. The van der Waals surface area contributed by atoms with Gasteiger partial charge in [-0.15, -0.1) is 0 Å². The van der Waals surface area contributed by atoms with E-state index in [9.17, 15) is 4.79 Å². The number of aromatic nitrogens is 1. The Balaban J connectivity index is 1.97. The summed E-state index contributed by atoms with van der Waals surface area (Å²) >= 11 is 0. The van der Waals surface area contributed by atoms with Crippen LogP contribution in [0.3, 0.4) is 0 Å². The van der Waals surface area contributed by atoms with Gasteiger partial charge in [-0.3, -0.25) is 4.98 Å². The molecule has 0 aliphatic carbocycles. The van der Waals surface area contributed by atoms with Crippen molar-refractivity contribution >= 4 is 6.03 Å². The number of carbonyl (C=O) groups excluding carboxylic acids is 1. The molecule has 0 bridgehead atoms. The van der Waals surface area contributed by atoms with Crippen molar-refractivity contribution in [3.8, 4) is 11.5 Å². The summed E-state index contributed by atoms with van der Waals surface area (Å²) in [6.45, 7) is 9.65. The van der Waals surface area contributed by atoms with Crippen LogP contribution in [0.5, 0.6) is 11.5 Å². The molecule has 0 aliphatic heterocycles. The van der Waals surface area contributed by atoms with Gasteiger partial charge in [0, 0.05) is 5.69 Å². The van der Waals surface area contributed by atoms with Gasteiger partial charge in [-0.05, 0) is 56.5 Å². The van der Waals surface area contributed by atoms with E-state index in [1.54, 1.807) is 0 Å². The van der Waals surface area contributed by atoms with E-state index < -0.39 is 0 Å². The highest BCUT2D eigenvalue weighted by atomic mass is 16.5. The topological polar surface area (TPSA) is 72.5 Å². The van der Waals surface area contributed by atoms with E-state index in [2.05, 4.69) is 29.5 Å². The van der Waals surface area contributed by atoms with Crippen molar-refractivity contribution in [1.29, 1.82) is 0 Å². The molecule has 1 atom stereocenters. The predicted molar refractivity (Wildman–Crippen MR) is 111 cm³/mol. The van der Waals surface area contributed by atoms with Crippen LogP contribution in [0.15, 0.2) is 36.4 Å². The monoisotopic (exact) mass is 385 g/mol. The first-order valence-corrected chi connectivity index (χ1v) is 9.90. The molecule has 0 aliphatic rings. The van der Waals surface area contributed by atoms with Crippen LogP contribution >= 0.6 is 0 Å². The van der Waals surface area contributed by atoms with Gasteiger partial charge in [-0.25, -0.2) is 4.79 Å². The maximum absolute atomic E-state index is 12.2. The Hall–Kier alpha value is -2.76. The van der Waals surface area contributed by atoms with Crippen molar-refractivity contribution < 1.29 is 14.3 Å². The lowest BCUT2D eigenvalue weighted by atomic mass is 10.1. The Bertz CT molecular complexity index is 764. The van der Waals surface area contributed by atoms with Crippen molar-refractivity contribution in [2.75, 3.05) is 13.2 Å². The number of hydrogen-bond acceptors (Lipinski definition) is 4. The molecule has 28 heavy (non-hydrogen) atoms. The smallest absolute Gasteiger partial charge is 0.315 e. The van der Waals surface area contributed by atoms with Gasteiger partial charge in [-0.1, -0.05) is 26.0 Å². The van der Waals surface area contributed by atoms with Gasteiger partial charge in [0.2, 0.25) is 0 Å². The fraction of sp³-hybridized carbons (Fsp3) is 0.455. The van der Waals surface area contributed by atoms with E-state index in [1.807, 2.05) is 50.2 Å². The van der Waals surface area contributed by atoms with Crippen LogP contribution in [0.2, 0.25) is 0 Å². The maximum Gasteiger partial charge on any atom is 0.315 e. The molecule has 6 heteroatoms. The Labute approximate surface area is 167 Å². The van der Waals surface area contributed by atoms with Gasteiger partial charge in [-0.2, -0.15) is 0 Å². The minimum Gasteiger partial charge on any atom is -0.490 e. The standard InChI is InChI=1S/C22H31N3O3/c1-5-12-27-20-11-10-18(14-21(20)28-13-6-2)17(4)25-22(26)23-15-19-9-7-8-16(3)24-19/h7-11,14,17H,5-6,12-13,15H2,1-4H3,(H2,23,25,26). The van der Waals surface area contributed by atoms with Crippen LogP contribution < -0.4 is 20.1 Å². The molecule has 0 radical (unpaired) electrons. The second-order valence-corrected chi connectivity index (χ2v) is 6.72. The quantitative estimate of drug-likeness (QED) is 0.630. The summed E-state index contributed by atoms with van der Waals surface area (Å²) in [6.07, 6.45) is 1.85. The zero-order chi connectivity index (χ0) is 20.4. The number of benzene rings is 1. The van der Waals surface area contributed by atoms with Gasteiger partial charge in [0.1, 0.15) is 0 Å². The summed E-state index contributed by atoms with van der Waals surface area (Å²) in [5.74, 6) is 1.45. The molecule has 0 saturated heterocycles. The second kappa shape index (κ2) is 11.2. The molecular weight excluding hydrogens is 354 g/mol. The second-order valence-electron chi connectivity index (χ2n) is 6.72. The number of nitrogens with one attached hydrogen (secondary N) is 2. The Morgan fingerprint density at radius 2 is 1.79 bits per heavy atom. The molecule has 1 heterocycles. The first kappa shape index (κ1) is 21.5. The fourth-order valence-corrected chi connectivity index (χ4v) is 2.65. The fourth-order valence-electron chi connectivity index (χ4n) is 2.65. The number of urea groups is 1. The molecule has 2 aromatic rings. The maximum atomic E-state index is 12.2. The SMILES string of the molecule is CCCOc1ccc(C(C)NC(=O)NCc2cccc(C)n2)cc1OCCC. The van der Waals surface area contributed by atoms with Crippen molar-refractivity contribution in [3.05, 3.63) is 53.3 Å². The van der Waals surface area contributed by atoms with Crippen LogP contribution in [-0.4, -0.2) is 24.2 Å². The number of hydrogen-bond donors (Lipinski definition) is 2. The summed E-state index contributed by atoms with van der Waals surface area (Å²) < 4.78 is 11.6. The highest BCUT2D eigenvalue weighted by Gasteiger charge is 2.13. The number of amides is 2. The summed E-state index contributed by atoms with van der Waals surface area (Å²) in [7, 11) is 0. The zero-order valence-electron chi connectivity index (χ0n) is 17.2. The molecule has 1 unspecified atom stereocenters. The lowest BCUT2D eigenvalue weighted by Crippen LogP contribution is -2.36. The summed E-state index contributed by atoms with van der Waals surface area (Å²) in [4.78, 5) is 16.6. The van der Waals surface area contributed by atoms with Gasteiger partial charge in [0.25, 0.3) is 0 Å². The number of rotatable bonds is 10. The van der Waals surface area contributed by atoms with E-state index in [0.717, 1.165) is 35.5 Å². The molecule has 2 amide bonds. The first-order valence-electron chi connectivity index (χ1n) is 9.90. The van der Waals surface area contributed by atoms with Crippen LogP contribution in [0.25, 0.3) is 0 Å². The molecule has 2 rings (SSSR count). The van der Waals surface area contributed by atoms with Crippen LogP contribution in [0.4, 0.5) is 4.79 Å². The first-order chi connectivity index (χ1) is 13.5. The van der Waals surface area contributed by atoms with Crippen molar-refractivity contribution in [1.82, 2.24) is 15.6 Å². The third kappa shape index (κ3) is 6.76. The van der Waals surface area contributed by atoms with Gasteiger partial charge < -0.3 is 20.1 Å². The number of pyridine rings is 1. The molecule has 1 aromatic heterocycles. The number of carbonyl (C=O) groups is 1. The van der Waals surface area contributed by atoms with Crippen LogP contribution in [0.1, 0.15) is 56.6 Å². The summed E-state index contributed by atoms with van der Waals surface area (Å²) in [5.41, 5.74) is 2.72. The molecule has 0 spiro atoms. The lowest BCUT2D eigenvalue weighted by Gasteiger charge is -2.18. The number of ether oxygens (including phenoxy) is 2. The van der Waals surface area contributed by atoms with E-state index in [4.69, 9.17) is 9.47 Å². The highest BCUT2D eigenvalue weighted by molar-refractivity contribution is 5.74. The molecule has 6 nitrogen and oxygen atoms in total. The molecule has 0 fully saturated rings. The van der Waals surface area contributed by atoms with E-state index in [0.29, 0.717) is 25.5 Å². The normalized spacial score (nSPS) is 11.6. The van der Waals surface area contributed by atoms with Gasteiger partial charge >= 0.3 is 6.03 Å². The van der Waals surface area contributed by atoms with Crippen molar-refractivity contribution in [2.45, 2.75) is 53.1 Å². The van der Waals surface area contributed by atoms with Crippen molar-refractivity contribution in [3.63, 3.8) is 0 Å². The van der Waals surface area contributed by atoms with E-state index in [-0.39, 0.29) is 12.1 Å². The summed E-state index contributed by atoms with van der Waals surface area (Å²) in [5, 5.41) is 5.80. The Kier molecular flexibility index (Phi) is 8.59.